The Bertz CT molecular complexity index is 1510. The van der Waals surface area contributed by atoms with Gasteiger partial charge in [0, 0.05) is 43.9 Å². The quantitative estimate of drug-likeness (QED) is 0.0202. The van der Waals surface area contributed by atoms with Crippen molar-refractivity contribution in [1.82, 2.24) is 0 Å². The van der Waals surface area contributed by atoms with E-state index in [0.717, 1.165) is 82.1 Å². The predicted molar refractivity (Wildman–Crippen MR) is 233 cm³/mol. The summed E-state index contributed by atoms with van der Waals surface area (Å²) in [6, 6.07) is 0. The van der Waals surface area contributed by atoms with Crippen LogP contribution in [0.1, 0.15) is 146 Å². The standard InChI is InChI=1S/C46H78NO12P/c1-8-10-17-23-37(48)28-29-40-39(41(49)32-42(40)50)24-18-15-16-21-27-46(52)58-38(34-57-60(53,54)56-31-30-47(5,6)7)33-55-45(51)26-20-14-12-11-13-19-25-44-36(4)35(3)43(59-44)22-9-2/h15,18,28-29,37-41,48-49H,8-14,16-17,19-27,30-34H2,1-7H3/p+1/b18-15-,29-28+/t37-,38+,39+,40+,41-/m0/s1. The fraction of sp³-hybridized carbons (Fsp3) is 0.761. The van der Waals surface area contributed by atoms with Gasteiger partial charge in [-0.2, -0.15) is 0 Å². The summed E-state index contributed by atoms with van der Waals surface area (Å²) in [5.41, 5.74) is 2.54. The number of furan rings is 1. The molecule has 1 aliphatic carbocycles. The van der Waals surface area contributed by atoms with Gasteiger partial charge in [0.2, 0.25) is 0 Å². The van der Waals surface area contributed by atoms with Crippen LogP contribution in [-0.4, -0.2) is 103 Å². The molecule has 1 heterocycles. The van der Waals surface area contributed by atoms with Crippen LogP contribution in [0.5, 0.6) is 0 Å². The van der Waals surface area contributed by atoms with Crippen LogP contribution in [0.4, 0.5) is 0 Å². The Kier molecular flexibility index (Phi) is 25.7. The lowest BCUT2D eigenvalue weighted by atomic mass is 9.90. The third-order valence-electron chi connectivity index (χ3n) is 11.0. The Hall–Kier alpha value is -2.64. The first-order chi connectivity index (χ1) is 28.5. The minimum atomic E-state index is -4.46. The van der Waals surface area contributed by atoms with Gasteiger partial charge in [0.1, 0.15) is 37.1 Å². The average Bonchev–Trinajstić information content (AvgIpc) is 3.60. The molecule has 1 aromatic heterocycles. The summed E-state index contributed by atoms with van der Waals surface area (Å²) in [4.78, 5) is 48.2. The van der Waals surface area contributed by atoms with Gasteiger partial charge >= 0.3 is 19.8 Å². The van der Waals surface area contributed by atoms with E-state index in [-0.39, 0.29) is 44.2 Å². The Morgan fingerprint density at radius 2 is 1.53 bits per heavy atom. The lowest BCUT2D eigenvalue weighted by Crippen LogP contribution is -2.37. The molecule has 3 N–H and O–H groups in total. The van der Waals surface area contributed by atoms with Crippen LogP contribution in [0.3, 0.4) is 0 Å². The summed E-state index contributed by atoms with van der Waals surface area (Å²) in [7, 11) is 1.28. The average molecular weight is 869 g/mol. The van der Waals surface area contributed by atoms with Crippen molar-refractivity contribution in [3.63, 3.8) is 0 Å². The van der Waals surface area contributed by atoms with Gasteiger partial charge in [0.05, 0.1) is 40.0 Å². The molecule has 344 valence electrons. The first-order valence-electron chi connectivity index (χ1n) is 22.5. The van der Waals surface area contributed by atoms with Gasteiger partial charge in [-0.05, 0) is 69.9 Å². The fourth-order valence-electron chi connectivity index (χ4n) is 7.16. The van der Waals surface area contributed by atoms with E-state index < -0.39 is 50.6 Å². The van der Waals surface area contributed by atoms with E-state index >= 15 is 0 Å². The number of hydrogen-bond donors (Lipinski definition) is 3. The normalized spacial score (nSPS) is 19.3. The Morgan fingerprint density at radius 3 is 2.22 bits per heavy atom. The van der Waals surface area contributed by atoms with Gasteiger partial charge in [0.15, 0.2) is 6.10 Å². The van der Waals surface area contributed by atoms with E-state index in [1.165, 1.54) is 11.1 Å². The smallest absolute Gasteiger partial charge is 0.466 e. The van der Waals surface area contributed by atoms with E-state index in [1.807, 2.05) is 33.3 Å². The van der Waals surface area contributed by atoms with Crippen molar-refractivity contribution >= 4 is 25.5 Å². The largest absolute Gasteiger partial charge is 0.472 e. The fourth-order valence-corrected chi connectivity index (χ4v) is 7.90. The monoisotopic (exact) mass is 869 g/mol. The second kappa shape index (κ2) is 28.9. The number of likely N-dealkylation sites (N-methyl/N-ethyl adjacent to an activating group) is 1. The molecule has 13 nitrogen and oxygen atoms in total. The highest BCUT2D eigenvalue weighted by Crippen LogP contribution is 2.43. The molecule has 1 aromatic rings. The number of carbonyl (C=O) groups is 3. The van der Waals surface area contributed by atoms with Crippen LogP contribution >= 0.6 is 7.82 Å². The third-order valence-corrected chi connectivity index (χ3v) is 12.0. The van der Waals surface area contributed by atoms with Crippen LogP contribution in [0.2, 0.25) is 0 Å². The molecule has 2 rings (SSSR count). The van der Waals surface area contributed by atoms with Gasteiger partial charge in [-0.25, -0.2) is 4.57 Å². The van der Waals surface area contributed by atoms with Crippen molar-refractivity contribution in [2.24, 2.45) is 11.8 Å². The first-order valence-corrected chi connectivity index (χ1v) is 24.0. The number of unbranched alkanes of at least 4 members (excludes halogenated alkanes) is 8. The number of hydrogen-bond acceptors (Lipinski definition) is 11. The van der Waals surface area contributed by atoms with E-state index in [2.05, 4.69) is 27.7 Å². The minimum absolute atomic E-state index is 0.0247. The van der Waals surface area contributed by atoms with E-state index in [9.17, 15) is 34.1 Å². The van der Waals surface area contributed by atoms with Gasteiger partial charge in [-0.1, -0.05) is 83.1 Å². The zero-order valence-electron chi connectivity index (χ0n) is 37.9. The molecule has 6 atom stereocenters. The SMILES string of the molecule is CCCCC[C@H](O)/C=C/[C@H]1C(=O)C[C@H](O)[C@@H]1C/C=C\CCCC(=O)O[C@H](COC(=O)CCCCCCCCc1oc(CCC)c(C)c1C)COP(=O)(O)OCC[N+](C)(C)C. The highest BCUT2D eigenvalue weighted by Gasteiger charge is 2.39. The number of carbonyl (C=O) groups excluding carboxylic acids is 3. The molecular weight excluding hydrogens is 789 g/mol. The molecule has 0 aliphatic heterocycles. The summed E-state index contributed by atoms with van der Waals surface area (Å²) >= 11 is 0. The molecule has 0 saturated heterocycles. The van der Waals surface area contributed by atoms with Gasteiger partial charge in [-0.15, -0.1) is 0 Å². The number of Topliss-reactive ketones (excluding diaryl/α,β-unsaturated/α-hetero) is 1. The summed E-state index contributed by atoms with van der Waals surface area (Å²) in [6.07, 6.45) is 18.9. The Labute approximate surface area is 360 Å². The zero-order valence-corrected chi connectivity index (χ0v) is 38.8. The number of ketones is 1. The van der Waals surface area contributed by atoms with Crippen molar-refractivity contribution in [3.05, 3.63) is 47.0 Å². The lowest BCUT2D eigenvalue weighted by molar-refractivity contribution is -0.870. The molecule has 0 amide bonds. The Morgan fingerprint density at radius 1 is 0.867 bits per heavy atom. The van der Waals surface area contributed by atoms with E-state index in [0.29, 0.717) is 43.1 Å². The van der Waals surface area contributed by atoms with Crippen molar-refractivity contribution in [3.8, 4) is 0 Å². The molecule has 1 saturated carbocycles. The maximum absolute atomic E-state index is 12.8. The van der Waals surface area contributed by atoms with Crippen LogP contribution < -0.4 is 0 Å². The van der Waals surface area contributed by atoms with Gasteiger partial charge in [-0.3, -0.25) is 23.4 Å². The summed E-state index contributed by atoms with van der Waals surface area (Å²) < 4.78 is 40.4. The van der Waals surface area contributed by atoms with Crippen molar-refractivity contribution in [2.45, 2.75) is 168 Å². The second-order valence-corrected chi connectivity index (χ2v) is 18.9. The number of nitrogens with zero attached hydrogens (tertiary/aromatic N) is 1. The molecule has 0 radical (unpaired) electrons. The number of allylic oxidation sites excluding steroid dienone is 3. The molecule has 1 aliphatic rings. The van der Waals surface area contributed by atoms with Crippen LogP contribution in [-0.2, 0) is 50.3 Å². The first kappa shape index (κ1) is 53.5. The van der Waals surface area contributed by atoms with E-state index in [4.69, 9.17) is 22.9 Å². The summed E-state index contributed by atoms with van der Waals surface area (Å²) in [5.74, 6) is 0.409. The van der Waals surface area contributed by atoms with Crippen molar-refractivity contribution in [1.29, 1.82) is 0 Å². The highest BCUT2D eigenvalue weighted by molar-refractivity contribution is 7.47. The predicted octanol–water partition coefficient (Wildman–Crippen LogP) is 8.60. The van der Waals surface area contributed by atoms with Crippen molar-refractivity contribution < 1.29 is 61.5 Å². The van der Waals surface area contributed by atoms with E-state index in [1.54, 1.807) is 12.2 Å². The maximum atomic E-state index is 12.8. The van der Waals surface area contributed by atoms with Crippen molar-refractivity contribution in [2.75, 3.05) is 47.5 Å². The molecule has 14 heteroatoms. The van der Waals surface area contributed by atoms with Crippen LogP contribution in [0.25, 0.3) is 0 Å². The molecule has 0 bridgehead atoms. The summed E-state index contributed by atoms with van der Waals surface area (Å²) in [5, 5.41) is 20.8. The number of aryl methyl sites for hydroxylation is 2. The molecule has 1 fully saturated rings. The second-order valence-electron chi connectivity index (χ2n) is 17.5. The summed E-state index contributed by atoms with van der Waals surface area (Å²) in [6.45, 7) is 8.14. The zero-order chi connectivity index (χ0) is 44.6. The minimum Gasteiger partial charge on any atom is -0.466 e. The van der Waals surface area contributed by atoms with Crippen LogP contribution in [0.15, 0.2) is 28.7 Å². The van der Waals surface area contributed by atoms with Gasteiger partial charge in [0.25, 0.3) is 0 Å². The van der Waals surface area contributed by atoms with Gasteiger partial charge < -0.3 is 33.5 Å². The number of quaternary nitrogens is 1. The number of aliphatic hydroxyl groups is 2. The maximum Gasteiger partial charge on any atom is 0.472 e. The molecule has 0 aromatic carbocycles. The number of esters is 2. The van der Waals surface area contributed by atoms with Crippen LogP contribution in [0, 0.1) is 25.7 Å². The number of phosphoric acid groups is 1. The molecule has 60 heavy (non-hydrogen) atoms. The topological polar surface area (TPSA) is 179 Å². The molecule has 0 spiro atoms. The highest BCUT2D eigenvalue weighted by atomic mass is 31.2. The number of ether oxygens (including phenoxy) is 2. The number of phosphoric ester groups is 1. The lowest BCUT2D eigenvalue weighted by Gasteiger charge is -2.24. The third kappa shape index (κ3) is 22.5. The molecule has 1 unspecified atom stereocenters. The number of aliphatic hydroxyl groups excluding tert-OH is 2. The Balaban J connectivity index is 1.79. The number of rotatable bonds is 33. The molecular formula is C46H79NO12P+.